The van der Waals surface area contributed by atoms with Crippen LogP contribution in [0.4, 0.5) is 4.79 Å². The van der Waals surface area contributed by atoms with E-state index in [1.807, 2.05) is 4.90 Å². The topological polar surface area (TPSA) is 37.3 Å². The molecule has 4 heteroatoms. The second-order valence-electron chi connectivity index (χ2n) is 7.51. The molecule has 0 bridgehead atoms. The van der Waals surface area contributed by atoms with Crippen molar-refractivity contribution in [1.82, 2.24) is 14.8 Å². The third-order valence-electron chi connectivity index (χ3n) is 5.45. The second kappa shape index (κ2) is 9.45. The monoisotopic (exact) mass is 365 g/mol. The zero-order valence-corrected chi connectivity index (χ0v) is 16.4. The summed E-state index contributed by atoms with van der Waals surface area (Å²) >= 11 is 0. The Morgan fingerprint density at radius 3 is 2.74 bits per heavy atom. The molecule has 1 aromatic carbocycles. The Hall–Kier alpha value is -2.49. The summed E-state index contributed by atoms with van der Waals surface area (Å²) in [4.78, 5) is 14.7. The van der Waals surface area contributed by atoms with Gasteiger partial charge in [0.15, 0.2) is 0 Å². The molecule has 0 atom stereocenters. The Morgan fingerprint density at radius 1 is 1.22 bits per heavy atom. The Morgan fingerprint density at radius 2 is 2.00 bits per heavy atom. The van der Waals surface area contributed by atoms with Crippen molar-refractivity contribution in [2.75, 3.05) is 6.54 Å². The molecule has 0 unspecified atom stereocenters. The van der Waals surface area contributed by atoms with Crippen molar-refractivity contribution in [3.8, 4) is 0 Å². The van der Waals surface area contributed by atoms with Gasteiger partial charge in [0.25, 0.3) is 0 Å². The highest BCUT2D eigenvalue weighted by Crippen LogP contribution is 2.18. The minimum atomic E-state index is 0.0189. The van der Waals surface area contributed by atoms with Gasteiger partial charge < -0.3 is 14.8 Å². The van der Waals surface area contributed by atoms with E-state index in [0.717, 1.165) is 25.1 Å². The van der Waals surface area contributed by atoms with E-state index >= 15 is 0 Å². The van der Waals surface area contributed by atoms with E-state index in [4.69, 9.17) is 0 Å². The van der Waals surface area contributed by atoms with Gasteiger partial charge in [-0.1, -0.05) is 49.6 Å². The van der Waals surface area contributed by atoms with E-state index in [-0.39, 0.29) is 6.03 Å². The lowest BCUT2D eigenvalue weighted by Gasteiger charge is -2.28. The molecule has 1 aliphatic carbocycles. The Kier molecular flexibility index (Phi) is 6.74. The fraction of sp³-hybridized carbons (Fsp3) is 0.435. The first-order valence-corrected chi connectivity index (χ1v) is 10.0. The first kappa shape index (κ1) is 19.3. The lowest BCUT2D eigenvalue weighted by Crippen LogP contribution is -2.45. The van der Waals surface area contributed by atoms with Gasteiger partial charge in [0.05, 0.1) is 6.54 Å². The average Bonchev–Trinajstić information content (AvgIpc) is 3.11. The summed E-state index contributed by atoms with van der Waals surface area (Å²) in [7, 11) is 0. The second-order valence-corrected chi connectivity index (χ2v) is 7.51. The molecule has 1 aliphatic rings. The molecule has 27 heavy (non-hydrogen) atoms. The number of hydrogen-bond acceptors (Lipinski definition) is 1. The van der Waals surface area contributed by atoms with Crippen LogP contribution in [0.1, 0.15) is 48.9 Å². The Bertz CT molecular complexity index is 758. The summed E-state index contributed by atoms with van der Waals surface area (Å²) in [5.74, 6) is 0. The van der Waals surface area contributed by atoms with Crippen LogP contribution in [0.2, 0.25) is 0 Å². The van der Waals surface area contributed by atoms with Crippen LogP contribution in [0.25, 0.3) is 0 Å². The smallest absolute Gasteiger partial charge is 0.318 e. The fourth-order valence-corrected chi connectivity index (χ4v) is 3.80. The predicted octanol–water partition coefficient (Wildman–Crippen LogP) is 4.88. The Balaban J connectivity index is 1.67. The van der Waals surface area contributed by atoms with Crippen molar-refractivity contribution < 1.29 is 4.79 Å². The molecule has 2 amide bonds. The maximum absolute atomic E-state index is 12.8. The number of carbonyl (C=O) groups is 1. The quantitative estimate of drug-likeness (QED) is 0.698. The maximum atomic E-state index is 12.8. The third kappa shape index (κ3) is 5.25. The van der Waals surface area contributed by atoms with Gasteiger partial charge >= 0.3 is 6.03 Å². The zero-order valence-electron chi connectivity index (χ0n) is 16.4. The number of carbonyl (C=O) groups excluding carboxylic acids is 1. The van der Waals surface area contributed by atoms with Gasteiger partial charge in [-0.3, -0.25) is 0 Å². The molecule has 3 rings (SSSR count). The average molecular weight is 366 g/mol. The number of amides is 2. The summed E-state index contributed by atoms with van der Waals surface area (Å²) in [6.07, 6.45) is 9.79. The van der Waals surface area contributed by atoms with Crippen molar-refractivity contribution in [3.05, 3.63) is 72.1 Å². The van der Waals surface area contributed by atoms with Crippen molar-refractivity contribution >= 4 is 6.03 Å². The van der Waals surface area contributed by atoms with Gasteiger partial charge in [0.2, 0.25) is 0 Å². The molecule has 144 valence electrons. The number of urea groups is 1. The third-order valence-corrected chi connectivity index (χ3v) is 5.45. The molecule has 0 spiro atoms. The highest BCUT2D eigenvalue weighted by Gasteiger charge is 2.20. The lowest BCUT2D eigenvalue weighted by atomic mass is 9.96. The van der Waals surface area contributed by atoms with Gasteiger partial charge in [0.1, 0.15) is 0 Å². The molecule has 0 saturated heterocycles. The molecule has 0 radical (unpaired) electrons. The van der Waals surface area contributed by atoms with Crippen LogP contribution in [0.5, 0.6) is 0 Å². The van der Waals surface area contributed by atoms with E-state index in [1.165, 1.54) is 30.4 Å². The summed E-state index contributed by atoms with van der Waals surface area (Å²) in [5.41, 5.74) is 3.73. The Labute approximate surface area is 162 Å². The molecular weight excluding hydrogens is 334 g/mol. The van der Waals surface area contributed by atoms with E-state index < -0.39 is 0 Å². The fourth-order valence-electron chi connectivity index (χ4n) is 3.80. The molecule has 1 aromatic heterocycles. The molecule has 0 aliphatic heterocycles. The van der Waals surface area contributed by atoms with Gasteiger partial charge in [-0.15, -0.1) is 6.58 Å². The van der Waals surface area contributed by atoms with Crippen molar-refractivity contribution in [1.29, 1.82) is 0 Å². The lowest BCUT2D eigenvalue weighted by molar-refractivity contribution is 0.192. The molecular formula is C23H31N3O. The molecule has 2 aromatic rings. The first-order valence-electron chi connectivity index (χ1n) is 10.0. The summed E-state index contributed by atoms with van der Waals surface area (Å²) in [6.45, 7) is 7.93. The van der Waals surface area contributed by atoms with Crippen LogP contribution in [-0.4, -0.2) is 28.1 Å². The van der Waals surface area contributed by atoms with Crippen LogP contribution in [0.3, 0.4) is 0 Å². The van der Waals surface area contributed by atoms with Crippen LogP contribution >= 0.6 is 0 Å². The minimum Gasteiger partial charge on any atom is -0.345 e. The standard InChI is InChI=1S/C23H31N3O/c1-3-15-26(23(27)24-21-12-5-4-6-13-21)18-22-14-9-16-25(22)17-20-11-8-7-10-19(20)2/h3,7-11,14,16,21H,1,4-6,12-13,15,17-18H2,2H3,(H,24,27). The number of rotatable bonds is 7. The predicted molar refractivity (Wildman–Crippen MR) is 111 cm³/mol. The van der Waals surface area contributed by atoms with Crippen molar-refractivity contribution in [2.24, 2.45) is 0 Å². The largest absolute Gasteiger partial charge is 0.345 e. The first-order chi connectivity index (χ1) is 13.2. The minimum absolute atomic E-state index is 0.0189. The highest BCUT2D eigenvalue weighted by atomic mass is 16.2. The number of aryl methyl sites for hydroxylation is 1. The molecule has 4 nitrogen and oxygen atoms in total. The van der Waals surface area contributed by atoms with Crippen LogP contribution in [0, 0.1) is 6.92 Å². The van der Waals surface area contributed by atoms with Crippen LogP contribution in [-0.2, 0) is 13.1 Å². The number of hydrogen-bond donors (Lipinski definition) is 1. The molecule has 1 N–H and O–H groups in total. The maximum Gasteiger partial charge on any atom is 0.318 e. The summed E-state index contributed by atoms with van der Waals surface area (Å²) < 4.78 is 2.23. The molecule has 1 heterocycles. The van der Waals surface area contributed by atoms with Crippen molar-refractivity contribution in [2.45, 2.75) is 58.2 Å². The van der Waals surface area contributed by atoms with Gasteiger partial charge in [-0.25, -0.2) is 4.79 Å². The SMILES string of the molecule is C=CCN(Cc1cccn1Cc1ccccc1C)C(=O)NC1CCCCC1. The normalized spacial score (nSPS) is 14.7. The van der Waals surface area contributed by atoms with E-state index in [1.54, 1.807) is 6.08 Å². The molecule has 1 saturated carbocycles. The molecule has 1 fully saturated rings. The number of benzene rings is 1. The number of nitrogens with zero attached hydrogens (tertiary/aromatic N) is 2. The van der Waals surface area contributed by atoms with E-state index in [9.17, 15) is 4.79 Å². The highest BCUT2D eigenvalue weighted by molar-refractivity contribution is 5.74. The van der Waals surface area contributed by atoms with E-state index in [0.29, 0.717) is 19.1 Å². The number of nitrogens with one attached hydrogen (secondary N) is 1. The zero-order chi connectivity index (χ0) is 19.1. The van der Waals surface area contributed by atoms with Gasteiger partial charge in [-0.05, 0) is 43.0 Å². The number of aromatic nitrogens is 1. The van der Waals surface area contributed by atoms with Crippen LogP contribution < -0.4 is 5.32 Å². The summed E-state index contributed by atoms with van der Waals surface area (Å²) in [6, 6.07) is 12.9. The van der Waals surface area contributed by atoms with Crippen LogP contribution in [0.15, 0.2) is 55.3 Å². The summed E-state index contributed by atoms with van der Waals surface area (Å²) in [5, 5.41) is 3.22. The van der Waals surface area contributed by atoms with Gasteiger partial charge in [-0.2, -0.15) is 0 Å². The van der Waals surface area contributed by atoms with Gasteiger partial charge in [0, 0.05) is 31.0 Å². The van der Waals surface area contributed by atoms with Crippen molar-refractivity contribution in [3.63, 3.8) is 0 Å². The van der Waals surface area contributed by atoms with E-state index in [2.05, 4.69) is 66.0 Å².